The lowest BCUT2D eigenvalue weighted by atomic mass is 10.2. The minimum atomic E-state index is -0.752. The summed E-state index contributed by atoms with van der Waals surface area (Å²) in [6.07, 6.45) is 1.05. The van der Waals surface area contributed by atoms with Gasteiger partial charge in [0, 0.05) is 22.8 Å². The Labute approximate surface area is 107 Å². The van der Waals surface area contributed by atoms with Crippen LogP contribution in [0.15, 0.2) is 12.1 Å². The molecule has 0 atom stereocenters. The van der Waals surface area contributed by atoms with Crippen LogP contribution in [0.3, 0.4) is 0 Å². The molecule has 0 aliphatic carbocycles. The van der Waals surface area contributed by atoms with Gasteiger partial charge >= 0.3 is 5.97 Å². The average Bonchev–Trinajstić information content (AvgIpc) is 2.63. The van der Waals surface area contributed by atoms with E-state index in [4.69, 9.17) is 5.11 Å². The molecule has 0 aliphatic heterocycles. The smallest absolute Gasteiger partial charge is 0.317 e. The first-order valence-corrected chi connectivity index (χ1v) is 6.84. The molecule has 1 N–H and O–H groups in total. The highest BCUT2D eigenvalue weighted by molar-refractivity contribution is 7.11. The Balaban J connectivity index is 2.60. The maximum absolute atomic E-state index is 10.8. The van der Waals surface area contributed by atoms with Crippen molar-refractivity contribution in [2.75, 3.05) is 13.1 Å². The first-order chi connectivity index (χ1) is 8.01. The molecule has 1 aromatic heterocycles. The molecule has 0 saturated carbocycles. The third-order valence-electron chi connectivity index (χ3n) is 2.43. The van der Waals surface area contributed by atoms with Crippen molar-refractivity contribution in [3.05, 3.63) is 21.9 Å². The number of thiophene rings is 1. The molecule has 17 heavy (non-hydrogen) atoms. The van der Waals surface area contributed by atoms with Crippen molar-refractivity contribution in [1.29, 1.82) is 0 Å². The zero-order chi connectivity index (χ0) is 12.8. The molecule has 3 nitrogen and oxygen atoms in total. The van der Waals surface area contributed by atoms with Crippen LogP contribution in [0.25, 0.3) is 0 Å². The zero-order valence-corrected chi connectivity index (χ0v) is 11.6. The van der Waals surface area contributed by atoms with Crippen molar-refractivity contribution in [2.45, 2.75) is 33.7 Å². The molecule has 0 spiro atoms. The van der Waals surface area contributed by atoms with Crippen LogP contribution in [0.2, 0.25) is 0 Å². The van der Waals surface area contributed by atoms with E-state index in [0.29, 0.717) is 5.92 Å². The van der Waals surface area contributed by atoms with Gasteiger partial charge in [-0.15, -0.1) is 11.3 Å². The Morgan fingerprint density at radius 3 is 2.53 bits per heavy atom. The fourth-order valence-electron chi connectivity index (χ4n) is 1.81. The minimum Gasteiger partial charge on any atom is -0.480 e. The Morgan fingerprint density at radius 1 is 1.41 bits per heavy atom. The fourth-order valence-corrected chi connectivity index (χ4v) is 2.81. The Morgan fingerprint density at radius 2 is 2.06 bits per heavy atom. The van der Waals surface area contributed by atoms with Crippen molar-refractivity contribution in [3.8, 4) is 0 Å². The molecule has 0 unspecified atom stereocenters. The minimum absolute atomic E-state index is 0.123. The SMILES string of the molecule is CCc1ccc(CN(CC(=O)O)CC(C)C)s1. The van der Waals surface area contributed by atoms with Gasteiger partial charge in [-0.1, -0.05) is 20.8 Å². The van der Waals surface area contributed by atoms with E-state index in [1.54, 1.807) is 11.3 Å². The zero-order valence-electron chi connectivity index (χ0n) is 10.8. The topological polar surface area (TPSA) is 40.5 Å². The van der Waals surface area contributed by atoms with Crippen LogP contribution < -0.4 is 0 Å². The highest BCUT2D eigenvalue weighted by atomic mass is 32.1. The molecule has 1 heterocycles. The Kier molecular flexibility index (Phi) is 5.65. The van der Waals surface area contributed by atoms with Crippen molar-refractivity contribution in [2.24, 2.45) is 5.92 Å². The predicted octanol–water partition coefficient (Wildman–Crippen LogP) is 2.85. The lowest BCUT2D eigenvalue weighted by Gasteiger charge is -2.21. The molecule has 0 aliphatic rings. The molecule has 0 aromatic carbocycles. The van der Waals surface area contributed by atoms with Gasteiger partial charge in [0.2, 0.25) is 0 Å². The first-order valence-electron chi connectivity index (χ1n) is 6.03. The van der Waals surface area contributed by atoms with Crippen LogP contribution >= 0.6 is 11.3 Å². The molecule has 0 bridgehead atoms. The number of nitrogens with zero attached hydrogens (tertiary/aromatic N) is 1. The van der Waals surface area contributed by atoms with Crippen molar-refractivity contribution >= 4 is 17.3 Å². The number of hydrogen-bond acceptors (Lipinski definition) is 3. The van der Waals surface area contributed by atoms with Crippen LogP contribution in [-0.2, 0) is 17.8 Å². The lowest BCUT2D eigenvalue weighted by molar-refractivity contribution is -0.138. The summed E-state index contributed by atoms with van der Waals surface area (Å²) in [6.45, 7) is 8.05. The molecule has 0 radical (unpaired) electrons. The van der Waals surface area contributed by atoms with E-state index in [9.17, 15) is 4.79 Å². The second-order valence-corrected chi connectivity index (χ2v) is 5.93. The third kappa shape index (κ3) is 5.33. The first kappa shape index (κ1) is 14.2. The number of rotatable bonds is 7. The number of carboxylic acids is 1. The molecule has 0 saturated heterocycles. The summed E-state index contributed by atoms with van der Waals surface area (Å²) in [4.78, 5) is 15.4. The molecular weight excluding hydrogens is 234 g/mol. The van der Waals surface area contributed by atoms with Gasteiger partial charge in [-0.05, 0) is 24.5 Å². The molecule has 96 valence electrons. The number of aliphatic carboxylic acids is 1. The Bertz CT molecular complexity index is 360. The van der Waals surface area contributed by atoms with Crippen molar-refractivity contribution < 1.29 is 9.90 Å². The van der Waals surface area contributed by atoms with Gasteiger partial charge in [0.1, 0.15) is 0 Å². The van der Waals surface area contributed by atoms with E-state index in [0.717, 1.165) is 19.5 Å². The third-order valence-corrected chi connectivity index (χ3v) is 3.64. The quantitative estimate of drug-likeness (QED) is 0.814. The molecule has 1 rings (SSSR count). The molecular formula is C13H21NO2S. The van der Waals surface area contributed by atoms with Gasteiger partial charge in [-0.25, -0.2) is 0 Å². The van der Waals surface area contributed by atoms with E-state index in [1.165, 1.54) is 9.75 Å². The average molecular weight is 255 g/mol. The monoisotopic (exact) mass is 255 g/mol. The van der Waals surface area contributed by atoms with Crippen molar-refractivity contribution in [1.82, 2.24) is 4.90 Å². The summed E-state index contributed by atoms with van der Waals surface area (Å²) in [5.41, 5.74) is 0. The van der Waals surface area contributed by atoms with Crippen LogP contribution in [0.1, 0.15) is 30.5 Å². The maximum atomic E-state index is 10.8. The number of carbonyl (C=O) groups is 1. The Hall–Kier alpha value is -0.870. The fraction of sp³-hybridized carbons (Fsp3) is 0.615. The molecule has 0 amide bonds. The summed E-state index contributed by atoms with van der Waals surface area (Å²) < 4.78 is 0. The number of hydrogen-bond donors (Lipinski definition) is 1. The largest absolute Gasteiger partial charge is 0.480 e. The van der Waals surface area contributed by atoms with E-state index in [-0.39, 0.29) is 6.54 Å². The summed E-state index contributed by atoms with van der Waals surface area (Å²) in [6, 6.07) is 4.24. The van der Waals surface area contributed by atoms with Gasteiger partial charge in [0.05, 0.1) is 6.54 Å². The summed E-state index contributed by atoms with van der Waals surface area (Å²) >= 11 is 1.78. The lowest BCUT2D eigenvalue weighted by Crippen LogP contribution is -2.32. The molecule has 4 heteroatoms. The van der Waals surface area contributed by atoms with Gasteiger partial charge in [-0.2, -0.15) is 0 Å². The van der Waals surface area contributed by atoms with Gasteiger partial charge in [-0.3, -0.25) is 9.69 Å². The normalized spacial score (nSPS) is 11.4. The molecule has 0 fully saturated rings. The standard InChI is InChI=1S/C13H21NO2S/c1-4-11-5-6-12(17-11)8-14(7-10(2)3)9-13(15)16/h5-6,10H,4,7-9H2,1-3H3,(H,15,16). The van der Waals surface area contributed by atoms with Gasteiger partial charge in [0.25, 0.3) is 0 Å². The van der Waals surface area contributed by atoms with Crippen LogP contribution in [-0.4, -0.2) is 29.1 Å². The summed E-state index contributed by atoms with van der Waals surface area (Å²) in [7, 11) is 0. The predicted molar refractivity (Wildman–Crippen MR) is 71.4 cm³/mol. The summed E-state index contributed by atoms with van der Waals surface area (Å²) in [5, 5.41) is 8.89. The highest BCUT2D eigenvalue weighted by Gasteiger charge is 2.12. The van der Waals surface area contributed by atoms with Gasteiger partial charge < -0.3 is 5.11 Å². The maximum Gasteiger partial charge on any atom is 0.317 e. The summed E-state index contributed by atoms with van der Waals surface area (Å²) in [5.74, 6) is -0.266. The van der Waals surface area contributed by atoms with Crippen molar-refractivity contribution in [3.63, 3.8) is 0 Å². The van der Waals surface area contributed by atoms with E-state index in [1.807, 2.05) is 4.90 Å². The van der Waals surface area contributed by atoms with E-state index in [2.05, 4.69) is 32.9 Å². The van der Waals surface area contributed by atoms with Crippen LogP contribution in [0, 0.1) is 5.92 Å². The van der Waals surface area contributed by atoms with Gasteiger partial charge in [0.15, 0.2) is 0 Å². The number of carboxylic acid groups (broad SMARTS) is 1. The molecule has 1 aromatic rings. The van der Waals surface area contributed by atoms with Crippen LogP contribution in [0.4, 0.5) is 0 Å². The number of aryl methyl sites for hydroxylation is 1. The second-order valence-electron chi connectivity index (χ2n) is 4.68. The second kappa shape index (κ2) is 6.77. The highest BCUT2D eigenvalue weighted by Crippen LogP contribution is 2.19. The van der Waals surface area contributed by atoms with E-state index < -0.39 is 5.97 Å². The van der Waals surface area contributed by atoms with E-state index >= 15 is 0 Å². The van der Waals surface area contributed by atoms with Crippen LogP contribution in [0.5, 0.6) is 0 Å².